The largest absolute Gasteiger partial charge is 0.329 e. The van der Waals surface area contributed by atoms with Gasteiger partial charge in [0.05, 0.1) is 21.4 Å². The van der Waals surface area contributed by atoms with E-state index in [1.807, 2.05) is 18.2 Å². The number of carbonyl (C=O) groups excluding carboxylic acids is 2. The van der Waals surface area contributed by atoms with Crippen LogP contribution in [-0.4, -0.2) is 27.9 Å². The lowest BCUT2D eigenvalue weighted by molar-refractivity contribution is -0.384. The number of hydrogen-bond acceptors (Lipinski definition) is 7. The monoisotopic (exact) mass is 369 g/mol. The van der Waals surface area contributed by atoms with Crippen molar-refractivity contribution in [2.75, 3.05) is 5.32 Å². The van der Waals surface area contributed by atoms with Gasteiger partial charge in [-0.05, 0) is 12.1 Å². The highest BCUT2D eigenvalue weighted by Gasteiger charge is 2.15. The van der Waals surface area contributed by atoms with Crippen LogP contribution in [0.1, 0.15) is 5.56 Å². The molecule has 0 saturated carbocycles. The molecule has 0 bridgehead atoms. The smallest absolute Gasteiger partial charge is 0.294 e. The Bertz CT molecular complexity index is 997. The van der Waals surface area contributed by atoms with Gasteiger partial charge in [-0.1, -0.05) is 35.6 Å². The Morgan fingerprint density at radius 3 is 2.73 bits per heavy atom. The summed E-state index contributed by atoms with van der Waals surface area (Å²) in [4.78, 5) is 38.0. The molecular weight excluding hydrogens is 358 g/mol. The summed E-state index contributed by atoms with van der Waals surface area (Å²) in [6.45, 7) is 0. The number of nitro groups is 1. The molecule has 3 rings (SSSR count). The highest BCUT2D eigenvalue weighted by Crippen LogP contribution is 2.25. The van der Waals surface area contributed by atoms with Crippen LogP contribution in [0.15, 0.2) is 53.6 Å². The number of nitrogens with one attached hydrogen (secondary N) is 2. The van der Waals surface area contributed by atoms with Crippen molar-refractivity contribution in [3.8, 4) is 0 Å². The first-order chi connectivity index (χ1) is 12.5. The van der Waals surface area contributed by atoms with Gasteiger partial charge < -0.3 is 0 Å². The first-order valence-electron chi connectivity index (χ1n) is 7.27. The van der Waals surface area contributed by atoms with E-state index in [9.17, 15) is 19.7 Å². The predicted octanol–water partition coefficient (Wildman–Crippen LogP) is 2.29. The van der Waals surface area contributed by atoms with Crippen LogP contribution in [0, 0.1) is 10.1 Å². The van der Waals surface area contributed by atoms with Crippen LogP contribution in [0.2, 0.25) is 0 Å². The minimum atomic E-state index is -0.981. The number of amides is 2. The average Bonchev–Trinajstić information content (AvgIpc) is 3.04. The maximum absolute atomic E-state index is 11.9. The average molecular weight is 369 g/mol. The summed E-state index contributed by atoms with van der Waals surface area (Å²) >= 11 is 1.24. The third kappa shape index (κ3) is 4.05. The second-order valence-electron chi connectivity index (χ2n) is 4.99. The zero-order chi connectivity index (χ0) is 18.5. The Morgan fingerprint density at radius 2 is 1.96 bits per heavy atom. The van der Waals surface area contributed by atoms with Crippen molar-refractivity contribution >= 4 is 50.4 Å². The summed E-state index contributed by atoms with van der Waals surface area (Å²) in [5.74, 6) is -1.90. The molecule has 10 heteroatoms. The van der Waals surface area contributed by atoms with E-state index in [1.165, 1.54) is 35.8 Å². The number of nitrogens with zero attached hydrogens (tertiary/aromatic N) is 3. The predicted molar refractivity (Wildman–Crippen MR) is 97.1 cm³/mol. The molecule has 3 aromatic rings. The number of para-hydroxylation sites is 1. The molecule has 0 atom stereocenters. The topological polar surface area (TPSA) is 127 Å². The quantitative estimate of drug-likeness (QED) is 0.316. The molecular formula is C16H11N5O4S. The zero-order valence-electron chi connectivity index (χ0n) is 13.1. The fourth-order valence-electron chi connectivity index (χ4n) is 2.01. The molecule has 0 saturated heterocycles. The van der Waals surface area contributed by atoms with E-state index in [0.29, 0.717) is 10.7 Å². The number of thiazole rings is 1. The fourth-order valence-corrected chi connectivity index (χ4v) is 2.88. The number of fused-ring (bicyclic) bond motifs is 1. The van der Waals surface area contributed by atoms with E-state index < -0.39 is 16.7 Å². The summed E-state index contributed by atoms with van der Waals surface area (Å²) in [5, 5.41) is 17.0. The molecule has 0 radical (unpaired) electrons. The van der Waals surface area contributed by atoms with Crippen LogP contribution in [0.4, 0.5) is 10.8 Å². The van der Waals surface area contributed by atoms with Crippen LogP contribution in [-0.2, 0) is 9.59 Å². The van der Waals surface area contributed by atoms with Gasteiger partial charge in [0, 0.05) is 17.7 Å². The van der Waals surface area contributed by atoms with Crippen molar-refractivity contribution in [1.29, 1.82) is 0 Å². The number of hydrogen-bond donors (Lipinski definition) is 2. The van der Waals surface area contributed by atoms with E-state index in [4.69, 9.17) is 0 Å². The third-order valence-corrected chi connectivity index (χ3v) is 4.13. The SMILES string of the molecule is O=C(NN=Cc1cccc([N+](=O)[O-])c1)C(=O)Nc1nc2ccccc2s1. The Morgan fingerprint density at radius 1 is 1.15 bits per heavy atom. The van der Waals surface area contributed by atoms with Crippen LogP contribution in [0.3, 0.4) is 0 Å². The summed E-state index contributed by atoms with van der Waals surface area (Å²) in [5.41, 5.74) is 3.08. The molecule has 130 valence electrons. The van der Waals surface area contributed by atoms with Gasteiger partial charge >= 0.3 is 11.8 Å². The fraction of sp³-hybridized carbons (Fsp3) is 0. The summed E-state index contributed by atoms with van der Waals surface area (Å²) < 4.78 is 0.881. The number of anilines is 1. The number of rotatable bonds is 4. The van der Waals surface area contributed by atoms with E-state index in [-0.39, 0.29) is 5.69 Å². The highest BCUT2D eigenvalue weighted by atomic mass is 32.1. The first kappa shape index (κ1) is 17.2. The van der Waals surface area contributed by atoms with Crippen molar-refractivity contribution in [3.63, 3.8) is 0 Å². The Kier molecular flexibility index (Phi) is 4.94. The molecule has 0 spiro atoms. The first-order valence-corrected chi connectivity index (χ1v) is 8.09. The van der Waals surface area contributed by atoms with Crippen molar-refractivity contribution in [1.82, 2.24) is 10.4 Å². The van der Waals surface area contributed by atoms with Crippen LogP contribution in [0.25, 0.3) is 10.2 Å². The van der Waals surface area contributed by atoms with Gasteiger partial charge in [0.15, 0.2) is 5.13 Å². The summed E-state index contributed by atoms with van der Waals surface area (Å²) in [6, 6.07) is 13.0. The van der Waals surface area contributed by atoms with Crippen molar-refractivity contribution < 1.29 is 14.5 Å². The maximum Gasteiger partial charge on any atom is 0.329 e. The third-order valence-electron chi connectivity index (χ3n) is 3.18. The van der Waals surface area contributed by atoms with Crippen molar-refractivity contribution in [3.05, 3.63) is 64.2 Å². The second-order valence-corrected chi connectivity index (χ2v) is 6.02. The minimum Gasteiger partial charge on any atom is -0.294 e. The standard InChI is InChI=1S/C16H11N5O4S/c22-14(19-16-18-12-6-1-2-7-13(12)26-16)15(23)20-17-9-10-4-3-5-11(8-10)21(24)25/h1-9H,(H,20,23)(H,18,19,22). The van der Waals surface area contributed by atoms with Crippen molar-refractivity contribution in [2.45, 2.75) is 0 Å². The second kappa shape index (κ2) is 7.49. The molecule has 1 aromatic heterocycles. The molecule has 2 N–H and O–H groups in total. The molecule has 0 aliphatic rings. The lowest BCUT2D eigenvalue weighted by atomic mass is 10.2. The number of carbonyl (C=O) groups is 2. The number of hydrazone groups is 1. The van der Waals surface area contributed by atoms with Gasteiger partial charge in [0.2, 0.25) is 0 Å². The minimum absolute atomic E-state index is 0.103. The van der Waals surface area contributed by atoms with Gasteiger partial charge in [-0.3, -0.25) is 25.0 Å². The molecule has 2 aromatic carbocycles. The Balaban J connectivity index is 1.59. The number of aromatic nitrogens is 1. The normalized spacial score (nSPS) is 10.8. The Hall–Kier alpha value is -3.66. The van der Waals surface area contributed by atoms with E-state index in [2.05, 4.69) is 20.8 Å². The van der Waals surface area contributed by atoms with E-state index in [1.54, 1.807) is 12.1 Å². The van der Waals surface area contributed by atoms with E-state index >= 15 is 0 Å². The molecule has 9 nitrogen and oxygen atoms in total. The van der Waals surface area contributed by atoms with Gasteiger partial charge in [-0.25, -0.2) is 10.4 Å². The van der Waals surface area contributed by atoms with Crippen molar-refractivity contribution in [2.24, 2.45) is 5.10 Å². The number of non-ortho nitro benzene ring substituents is 1. The van der Waals surface area contributed by atoms with Crippen LogP contribution < -0.4 is 10.7 Å². The molecule has 0 aliphatic carbocycles. The number of nitro benzene ring substituents is 1. The molecule has 0 fully saturated rings. The van der Waals surface area contributed by atoms with Gasteiger partial charge in [-0.2, -0.15) is 5.10 Å². The van der Waals surface area contributed by atoms with Gasteiger partial charge in [-0.15, -0.1) is 0 Å². The van der Waals surface area contributed by atoms with Crippen LogP contribution >= 0.6 is 11.3 Å². The molecule has 0 unspecified atom stereocenters. The van der Waals surface area contributed by atoms with Gasteiger partial charge in [0.1, 0.15) is 0 Å². The van der Waals surface area contributed by atoms with Crippen LogP contribution in [0.5, 0.6) is 0 Å². The molecule has 0 aliphatic heterocycles. The summed E-state index contributed by atoms with van der Waals surface area (Å²) in [7, 11) is 0. The molecule has 1 heterocycles. The summed E-state index contributed by atoms with van der Waals surface area (Å²) in [6.07, 6.45) is 1.20. The zero-order valence-corrected chi connectivity index (χ0v) is 13.9. The number of benzene rings is 2. The van der Waals surface area contributed by atoms with Gasteiger partial charge in [0.25, 0.3) is 5.69 Å². The molecule has 2 amide bonds. The highest BCUT2D eigenvalue weighted by molar-refractivity contribution is 7.22. The van der Waals surface area contributed by atoms with E-state index in [0.717, 1.165) is 10.2 Å². The Labute approximate surface area is 150 Å². The lowest BCUT2D eigenvalue weighted by Crippen LogP contribution is -2.32. The lowest BCUT2D eigenvalue weighted by Gasteiger charge is -1.99. The molecule has 26 heavy (non-hydrogen) atoms. The maximum atomic E-state index is 11.9.